The fraction of sp³-hybridized carbons (Fsp3) is 0.667. The number of nitrogens with two attached hydrogens (primary N) is 1. The van der Waals surface area contributed by atoms with Crippen LogP contribution in [0, 0.1) is 0 Å². The van der Waals surface area contributed by atoms with Crippen LogP contribution in [0.5, 0.6) is 0 Å². The molecule has 0 spiro atoms. The van der Waals surface area contributed by atoms with E-state index in [9.17, 15) is 0 Å². The van der Waals surface area contributed by atoms with Crippen LogP contribution in [0.1, 0.15) is 19.8 Å². The summed E-state index contributed by atoms with van der Waals surface area (Å²) in [4.78, 5) is 0. The van der Waals surface area contributed by atoms with E-state index in [4.69, 9.17) is 10.2 Å². The Bertz CT molecular complexity index is 143. The molecule has 0 aromatic heterocycles. The molecule has 0 rings (SSSR count). The summed E-state index contributed by atoms with van der Waals surface area (Å²) in [5, 5.41) is 18.0. The average Bonchev–Trinajstić information content (AvgIpc) is 1.86. The van der Waals surface area contributed by atoms with Crippen LogP contribution in [0.4, 0.5) is 0 Å². The Labute approximate surface area is 132 Å². The van der Waals surface area contributed by atoms with Gasteiger partial charge in [0.15, 0.2) is 0 Å². The summed E-state index contributed by atoms with van der Waals surface area (Å²) in [6.07, 6.45) is 2.18. The zero-order chi connectivity index (χ0) is 9.98. The molecule has 5 N–H and O–H groups in total. The Kier molecular flexibility index (Phi) is 23.3. The predicted molar refractivity (Wildman–Crippen MR) is 64.7 cm³/mol. The van der Waals surface area contributed by atoms with Gasteiger partial charge in [-0.15, -0.1) is 0 Å². The summed E-state index contributed by atoms with van der Waals surface area (Å²) in [6.45, 7) is 2.87. The number of aliphatic hydroxyl groups is 2. The Hall–Kier alpha value is 1.02. The van der Waals surface area contributed by atoms with Crippen LogP contribution in [-0.4, -0.2) is 78.5 Å². The molecular formula is C6H15KN2O2S2. The van der Waals surface area contributed by atoms with Crippen molar-refractivity contribution in [2.24, 2.45) is 5.73 Å². The van der Waals surface area contributed by atoms with Crippen molar-refractivity contribution in [3.63, 3.8) is 0 Å². The van der Waals surface area contributed by atoms with Gasteiger partial charge in [-0.25, -0.2) is 0 Å². The molecule has 0 bridgehead atoms. The molecule has 0 amide bonds. The van der Waals surface area contributed by atoms with Gasteiger partial charge in [0.25, 0.3) is 10.3 Å². The molecule has 0 fully saturated rings. The first-order valence-electron chi connectivity index (χ1n) is 3.45. The van der Waals surface area contributed by atoms with Gasteiger partial charge in [0.1, 0.15) is 0 Å². The van der Waals surface area contributed by atoms with Gasteiger partial charge in [-0.3, -0.25) is 0 Å². The number of hydrogen-bond acceptors (Lipinski definition) is 2. The van der Waals surface area contributed by atoms with Crippen molar-refractivity contribution in [1.82, 2.24) is 5.32 Å². The van der Waals surface area contributed by atoms with Crippen molar-refractivity contribution in [3.05, 3.63) is 0 Å². The third-order valence-electron chi connectivity index (χ3n) is 0.807. The van der Waals surface area contributed by atoms with Crippen LogP contribution in [-0.2, 0) is 0 Å². The number of aliphatic hydroxyl groups excluding tert-OH is 2. The maximum absolute atomic E-state index is 8.40. The first-order chi connectivity index (χ1) is 5.50. The Morgan fingerprint density at radius 1 is 1.38 bits per heavy atom. The summed E-state index contributed by atoms with van der Waals surface area (Å²) >= 11 is 8.22. The Balaban J connectivity index is -0.000000173. The first-order valence-corrected chi connectivity index (χ1v) is 4.27. The second-order valence-corrected chi connectivity index (χ2v) is 2.73. The van der Waals surface area contributed by atoms with E-state index in [-0.39, 0.29) is 56.6 Å². The quantitative estimate of drug-likeness (QED) is 0.329. The molecule has 0 aliphatic rings. The maximum atomic E-state index is 8.40. The molecule has 0 unspecified atom stereocenters. The molecule has 0 aromatic rings. The summed E-state index contributed by atoms with van der Waals surface area (Å²) in [5.41, 5.74) is 4.40. The first kappa shape index (κ1) is 19.6. The summed E-state index contributed by atoms with van der Waals surface area (Å²) in [5.74, 6) is 0. The van der Waals surface area contributed by atoms with Crippen LogP contribution in [0.15, 0.2) is 0 Å². The molecule has 0 saturated carbocycles. The fourth-order valence-corrected chi connectivity index (χ4v) is 0.474. The van der Waals surface area contributed by atoms with Crippen LogP contribution in [0.25, 0.3) is 0 Å². The van der Waals surface area contributed by atoms with Gasteiger partial charge in [0, 0.05) is 6.54 Å². The van der Waals surface area contributed by atoms with Gasteiger partial charge in [0.05, 0.1) is 0 Å². The van der Waals surface area contributed by atoms with Crippen LogP contribution in [0.3, 0.4) is 0 Å². The van der Waals surface area contributed by atoms with E-state index in [1.165, 1.54) is 0 Å². The van der Waals surface area contributed by atoms with Gasteiger partial charge >= 0.3 is 51.4 Å². The third-order valence-corrected chi connectivity index (χ3v) is 0.951. The minimum absolute atomic E-state index is 0. The molecule has 0 heterocycles. The van der Waals surface area contributed by atoms with E-state index in [2.05, 4.69) is 42.4 Å². The number of thiocarbonyl (C=S) groups is 2. The molecule has 13 heavy (non-hydrogen) atoms. The van der Waals surface area contributed by atoms with E-state index in [0.717, 1.165) is 19.4 Å². The second kappa shape index (κ2) is 15.5. The van der Waals surface area contributed by atoms with E-state index < -0.39 is 5.17 Å². The average molecular weight is 250 g/mol. The molecule has 74 valence electrons. The summed E-state index contributed by atoms with van der Waals surface area (Å²) in [7, 11) is 0. The molecule has 0 aliphatic carbocycles. The fourth-order valence-electron chi connectivity index (χ4n) is 0.372. The zero-order valence-corrected chi connectivity index (χ0v) is 8.54. The minimum atomic E-state index is -0.500. The van der Waals surface area contributed by atoms with Crippen LogP contribution in [0.2, 0.25) is 0 Å². The van der Waals surface area contributed by atoms with Crippen molar-refractivity contribution in [1.29, 1.82) is 0 Å². The van der Waals surface area contributed by atoms with Crippen molar-refractivity contribution >= 4 is 86.2 Å². The monoisotopic (exact) mass is 250 g/mol. The van der Waals surface area contributed by atoms with Crippen molar-refractivity contribution in [3.8, 4) is 0 Å². The number of hydrogen-bond donors (Lipinski definition) is 4. The zero-order valence-electron chi connectivity index (χ0n) is 6.91. The molecule has 0 aromatic carbocycles. The van der Waals surface area contributed by atoms with Gasteiger partial charge in [-0.2, -0.15) is 0 Å². The van der Waals surface area contributed by atoms with E-state index in [0.29, 0.717) is 0 Å². The predicted octanol–water partition coefficient (Wildman–Crippen LogP) is 0.358. The Morgan fingerprint density at radius 2 is 1.77 bits per heavy atom. The second-order valence-electron chi connectivity index (χ2n) is 1.92. The standard InChI is InChI=1S/C5H11NOS.CH3NOS.K.H/c1-2-3-4-6-5(7)8;2-1(3)4;;/h2-4H2,1H3,(H2,6,7,8);(H3,2,3,4);;. The number of rotatable bonds is 3. The summed E-state index contributed by atoms with van der Waals surface area (Å²) < 4.78 is 0. The van der Waals surface area contributed by atoms with E-state index >= 15 is 0 Å². The van der Waals surface area contributed by atoms with Crippen molar-refractivity contribution in [2.75, 3.05) is 6.54 Å². The van der Waals surface area contributed by atoms with Gasteiger partial charge in [-0.1, -0.05) is 13.3 Å². The van der Waals surface area contributed by atoms with E-state index in [1.807, 2.05) is 0 Å². The summed E-state index contributed by atoms with van der Waals surface area (Å²) in [6, 6.07) is 0. The SMILES string of the molecule is CCCCNC(O)=S.NC(O)=S.[KH]. The normalized spacial score (nSPS) is 7.15. The van der Waals surface area contributed by atoms with Gasteiger partial charge < -0.3 is 21.3 Å². The van der Waals surface area contributed by atoms with E-state index in [1.54, 1.807) is 0 Å². The molecule has 4 nitrogen and oxygen atoms in total. The molecule has 0 atom stereocenters. The molecular weight excluding hydrogens is 235 g/mol. The van der Waals surface area contributed by atoms with Crippen LogP contribution < -0.4 is 11.1 Å². The van der Waals surface area contributed by atoms with Gasteiger partial charge in [-0.05, 0) is 30.9 Å². The van der Waals surface area contributed by atoms with Crippen molar-refractivity contribution in [2.45, 2.75) is 19.8 Å². The topological polar surface area (TPSA) is 78.5 Å². The molecule has 7 heteroatoms. The van der Waals surface area contributed by atoms with Gasteiger partial charge in [0.2, 0.25) is 0 Å². The van der Waals surface area contributed by atoms with Crippen LogP contribution >= 0.6 is 24.4 Å². The molecule has 0 aliphatic heterocycles. The van der Waals surface area contributed by atoms with Crippen molar-refractivity contribution < 1.29 is 10.2 Å². The number of nitrogens with one attached hydrogen (secondary N) is 1. The molecule has 0 saturated heterocycles. The molecule has 0 radical (unpaired) electrons. The number of unbranched alkanes of at least 4 members (excludes halogenated alkanes) is 1. The Morgan fingerprint density at radius 3 is 2.00 bits per heavy atom. The third kappa shape index (κ3) is 43.6.